The van der Waals surface area contributed by atoms with Crippen molar-refractivity contribution in [1.29, 1.82) is 0 Å². The molecule has 1 N–H and O–H groups in total. The number of fused-ring (bicyclic) bond motifs is 2. The number of nitrogens with one attached hydrogen (secondary N) is 1. The molecule has 2 aliphatic heterocycles. The number of benzene rings is 1. The zero-order valence-electron chi connectivity index (χ0n) is 15.2. The summed E-state index contributed by atoms with van der Waals surface area (Å²) in [5.74, 6) is 1.99. The van der Waals surface area contributed by atoms with E-state index in [0.717, 1.165) is 53.3 Å². The van der Waals surface area contributed by atoms with E-state index in [-0.39, 0.29) is 0 Å². The zero-order chi connectivity index (χ0) is 18.2. The molecule has 0 saturated carbocycles. The molecule has 1 unspecified atom stereocenters. The molecule has 7 heteroatoms. The summed E-state index contributed by atoms with van der Waals surface area (Å²) in [5, 5.41) is 8.97. The van der Waals surface area contributed by atoms with Crippen LogP contribution in [0.2, 0.25) is 0 Å². The Bertz CT molecular complexity index is 1020. The highest BCUT2D eigenvalue weighted by Gasteiger charge is 2.19. The van der Waals surface area contributed by atoms with Crippen molar-refractivity contribution in [2.24, 2.45) is 18.0 Å². The van der Waals surface area contributed by atoms with Gasteiger partial charge in [0.15, 0.2) is 0 Å². The van der Waals surface area contributed by atoms with Crippen LogP contribution >= 0.6 is 0 Å². The molecule has 0 spiro atoms. The number of anilines is 1. The van der Waals surface area contributed by atoms with Crippen molar-refractivity contribution in [2.75, 3.05) is 25.1 Å². The smallest absolute Gasteiger partial charge is 0.240 e. The fourth-order valence-electron chi connectivity index (χ4n) is 3.58. The van der Waals surface area contributed by atoms with E-state index in [9.17, 15) is 0 Å². The SMILES string of the molecule is Cn1nc(OCC2CCOC2)c2ccc(NC3=NCc4ncccc43)cc21. The van der Waals surface area contributed by atoms with Gasteiger partial charge in [0.25, 0.3) is 0 Å². The van der Waals surface area contributed by atoms with Crippen molar-refractivity contribution >= 4 is 22.4 Å². The van der Waals surface area contributed by atoms with E-state index in [2.05, 4.69) is 26.5 Å². The second kappa shape index (κ2) is 6.66. The standard InChI is InChI=1S/C20H21N5O2/c1-25-18-9-14(23-19-15-3-2-7-21-17(15)10-22-19)4-5-16(18)20(24-25)27-12-13-6-8-26-11-13/h2-5,7,9,13H,6,8,10-12H2,1H3,(H,22,23). The number of aryl methyl sites for hydroxylation is 1. The maximum Gasteiger partial charge on any atom is 0.240 e. The van der Waals surface area contributed by atoms with Gasteiger partial charge in [-0.1, -0.05) is 0 Å². The molecule has 2 aliphatic rings. The van der Waals surface area contributed by atoms with Crippen molar-refractivity contribution in [3.63, 3.8) is 0 Å². The maximum absolute atomic E-state index is 5.98. The van der Waals surface area contributed by atoms with Gasteiger partial charge in [-0.15, -0.1) is 5.10 Å². The molecule has 138 valence electrons. The summed E-state index contributed by atoms with van der Waals surface area (Å²) in [6, 6.07) is 10.1. The Morgan fingerprint density at radius 2 is 2.30 bits per heavy atom. The molecule has 4 heterocycles. The lowest BCUT2D eigenvalue weighted by Gasteiger charge is -2.09. The Hall–Kier alpha value is -2.93. The molecule has 0 amide bonds. The van der Waals surface area contributed by atoms with Crippen molar-refractivity contribution in [1.82, 2.24) is 14.8 Å². The van der Waals surface area contributed by atoms with Gasteiger partial charge in [0.2, 0.25) is 5.88 Å². The molecule has 1 aromatic carbocycles. The first kappa shape index (κ1) is 16.3. The van der Waals surface area contributed by atoms with E-state index >= 15 is 0 Å². The van der Waals surface area contributed by atoms with Crippen LogP contribution in [-0.4, -0.2) is 40.4 Å². The Balaban J connectivity index is 1.37. The van der Waals surface area contributed by atoms with Gasteiger partial charge >= 0.3 is 0 Å². The number of hydrogen-bond acceptors (Lipinski definition) is 6. The van der Waals surface area contributed by atoms with Crippen LogP contribution in [0.25, 0.3) is 10.9 Å². The van der Waals surface area contributed by atoms with Gasteiger partial charge in [0, 0.05) is 37.0 Å². The molecular weight excluding hydrogens is 342 g/mol. The van der Waals surface area contributed by atoms with Crippen molar-refractivity contribution in [3.8, 4) is 5.88 Å². The van der Waals surface area contributed by atoms with E-state index in [1.807, 2.05) is 36.0 Å². The monoisotopic (exact) mass is 363 g/mol. The predicted octanol–water partition coefficient (Wildman–Crippen LogP) is 2.76. The lowest BCUT2D eigenvalue weighted by molar-refractivity contribution is 0.165. The number of amidine groups is 1. The summed E-state index contributed by atoms with van der Waals surface area (Å²) in [7, 11) is 1.93. The maximum atomic E-state index is 5.98. The third-order valence-electron chi connectivity index (χ3n) is 5.09. The van der Waals surface area contributed by atoms with Crippen molar-refractivity contribution < 1.29 is 9.47 Å². The summed E-state index contributed by atoms with van der Waals surface area (Å²) in [6.07, 6.45) is 2.86. The predicted molar refractivity (Wildman–Crippen MR) is 103 cm³/mol. The van der Waals surface area contributed by atoms with Crippen LogP contribution < -0.4 is 10.1 Å². The molecule has 1 fully saturated rings. The van der Waals surface area contributed by atoms with Crippen molar-refractivity contribution in [3.05, 3.63) is 47.8 Å². The topological polar surface area (TPSA) is 73.6 Å². The molecule has 1 saturated heterocycles. The van der Waals surface area contributed by atoms with E-state index in [4.69, 9.17) is 9.47 Å². The van der Waals surface area contributed by atoms with Crippen LogP contribution in [0.3, 0.4) is 0 Å². The van der Waals surface area contributed by atoms with Gasteiger partial charge in [-0.25, -0.2) is 0 Å². The average Bonchev–Trinajstić information content (AvgIpc) is 3.41. The first-order valence-electron chi connectivity index (χ1n) is 9.21. The lowest BCUT2D eigenvalue weighted by atomic mass is 10.1. The lowest BCUT2D eigenvalue weighted by Crippen LogP contribution is -2.12. The van der Waals surface area contributed by atoms with Gasteiger partial charge in [-0.2, -0.15) is 0 Å². The van der Waals surface area contributed by atoms with Gasteiger partial charge in [-0.05, 0) is 36.8 Å². The first-order valence-corrected chi connectivity index (χ1v) is 9.21. The van der Waals surface area contributed by atoms with E-state index in [1.54, 1.807) is 6.20 Å². The van der Waals surface area contributed by atoms with Gasteiger partial charge in [0.1, 0.15) is 5.84 Å². The summed E-state index contributed by atoms with van der Waals surface area (Å²) in [6.45, 7) is 2.87. The summed E-state index contributed by atoms with van der Waals surface area (Å²) in [5.41, 5.74) is 4.05. The molecule has 0 radical (unpaired) electrons. The first-order chi connectivity index (χ1) is 13.3. The highest BCUT2D eigenvalue weighted by molar-refractivity contribution is 6.10. The number of nitrogens with zero attached hydrogens (tertiary/aromatic N) is 4. The highest BCUT2D eigenvalue weighted by atomic mass is 16.5. The minimum atomic E-state index is 0.456. The summed E-state index contributed by atoms with van der Waals surface area (Å²) in [4.78, 5) is 8.94. The van der Waals surface area contributed by atoms with Crippen LogP contribution in [0, 0.1) is 5.92 Å². The Labute approximate surface area is 157 Å². The number of ether oxygens (including phenoxy) is 2. The number of rotatable bonds is 4. The Morgan fingerprint density at radius 1 is 1.33 bits per heavy atom. The van der Waals surface area contributed by atoms with Gasteiger partial charge in [0.05, 0.1) is 36.4 Å². The molecule has 1 atom stereocenters. The third-order valence-corrected chi connectivity index (χ3v) is 5.09. The molecule has 2 aromatic heterocycles. The quantitative estimate of drug-likeness (QED) is 0.772. The normalized spacial score (nSPS) is 18.6. The van der Waals surface area contributed by atoms with Crippen LogP contribution in [0.1, 0.15) is 17.7 Å². The summed E-state index contributed by atoms with van der Waals surface area (Å²) >= 11 is 0. The average molecular weight is 363 g/mol. The second-order valence-corrected chi connectivity index (χ2v) is 6.99. The van der Waals surface area contributed by atoms with Crippen molar-refractivity contribution in [2.45, 2.75) is 13.0 Å². The van der Waals surface area contributed by atoms with Crippen LogP contribution in [-0.2, 0) is 18.3 Å². The number of hydrogen-bond donors (Lipinski definition) is 1. The molecule has 0 bridgehead atoms. The molecular formula is C20H21N5O2. The zero-order valence-corrected chi connectivity index (χ0v) is 15.2. The van der Waals surface area contributed by atoms with E-state index in [1.165, 1.54) is 0 Å². The van der Waals surface area contributed by atoms with Crippen LogP contribution in [0.5, 0.6) is 5.88 Å². The van der Waals surface area contributed by atoms with E-state index in [0.29, 0.717) is 24.9 Å². The van der Waals surface area contributed by atoms with Gasteiger partial charge in [-0.3, -0.25) is 14.7 Å². The molecule has 5 rings (SSSR count). The number of pyridine rings is 1. The minimum Gasteiger partial charge on any atom is -0.476 e. The molecule has 3 aromatic rings. The van der Waals surface area contributed by atoms with Crippen LogP contribution in [0.4, 0.5) is 5.69 Å². The molecule has 0 aliphatic carbocycles. The number of aliphatic imine (C=N–C) groups is 1. The second-order valence-electron chi connectivity index (χ2n) is 6.99. The van der Waals surface area contributed by atoms with Gasteiger partial charge < -0.3 is 14.8 Å². The molecule has 7 nitrogen and oxygen atoms in total. The molecule has 27 heavy (non-hydrogen) atoms. The fourth-order valence-corrected chi connectivity index (χ4v) is 3.58. The summed E-state index contributed by atoms with van der Waals surface area (Å²) < 4.78 is 13.2. The largest absolute Gasteiger partial charge is 0.476 e. The third kappa shape index (κ3) is 3.04. The Kier molecular flexibility index (Phi) is 4.01. The number of aromatic nitrogens is 3. The van der Waals surface area contributed by atoms with Crippen LogP contribution in [0.15, 0.2) is 41.5 Å². The minimum absolute atomic E-state index is 0.456. The van der Waals surface area contributed by atoms with E-state index < -0.39 is 0 Å². The Morgan fingerprint density at radius 3 is 3.19 bits per heavy atom. The fraction of sp³-hybridized carbons (Fsp3) is 0.350. The highest BCUT2D eigenvalue weighted by Crippen LogP contribution is 2.29.